The average Bonchev–Trinajstić information content (AvgIpc) is 2.72. The second-order valence-corrected chi connectivity index (χ2v) is 7.78. The van der Waals surface area contributed by atoms with Crippen molar-refractivity contribution >= 4 is 23.3 Å². The standard InChI is InChI=1S/C22H29N5O2/c1-22(23,16-6-4-3-5-7-16)20(28)24-17-8-10-18(11-9-17)25-21(29)26-19-12-14-27(2)15-13-19/h3-11,19H,12-15,23H2,1-2H3,(H,24,28)(H2,25,26,29). The van der Waals surface area contributed by atoms with Crippen LogP contribution in [0, 0.1) is 0 Å². The molecule has 1 saturated heterocycles. The Kier molecular flexibility index (Phi) is 6.51. The number of carbonyl (C=O) groups excluding carboxylic acids is 2. The quantitative estimate of drug-likeness (QED) is 0.625. The third kappa shape index (κ3) is 5.56. The summed E-state index contributed by atoms with van der Waals surface area (Å²) in [5, 5.41) is 8.68. The number of likely N-dealkylation sites (tertiary alicyclic amines) is 1. The van der Waals surface area contributed by atoms with E-state index >= 15 is 0 Å². The molecular weight excluding hydrogens is 366 g/mol. The van der Waals surface area contributed by atoms with Crippen LogP contribution in [0.1, 0.15) is 25.3 Å². The molecule has 2 aromatic rings. The molecule has 1 aliphatic heterocycles. The van der Waals surface area contributed by atoms with E-state index in [1.165, 1.54) is 0 Å². The molecule has 29 heavy (non-hydrogen) atoms. The summed E-state index contributed by atoms with van der Waals surface area (Å²) in [6.45, 7) is 3.66. The lowest BCUT2D eigenvalue weighted by atomic mass is 9.92. The molecule has 2 aromatic carbocycles. The van der Waals surface area contributed by atoms with Gasteiger partial charge in [0.2, 0.25) is 5.91 Å². The number of anilines is 2. The topological polar surface area (TPSA) is 99.5 Å². The molecule has 0 aliphatic carbocycles. The number of nitrogens with two attached hydrogens (primary N) is 1. The molecule has 1 atom stereocenters. The minimum atomic E-state index is -1.15. The molecule has 0 saturated carbocycles. The third-order valence-electron chi connectivity index (χ3n) is 5.30. The molecule has 7 heteroatoms. The van der Waals surface area contributed by atoms with E-state index in [9.17, 15) is 9.59 Å². The molecule has 0 aromatic heterocycles. The number of nitrogens with zero attached hydrogens (tertiary/aromatic N) is 1. The molecule has 5 N–H and O–H groups in total. The summed E-state index contributed by atoms with van der Waals surface area (Å²) in [5.41, 5.74) is 7.11. The first kappa shape index (κ1) is 20.8. The maximum atomic E-state index is 12.6. The Morgan fingerprint density at radius 3 is 2.10 bits per heavy atom. The largest absolute Gasteiger partial charge is 0.335 e. The predicted octanol–water partition coefficient (Wildman–Crippen LogP) is 2.71. The SMILES string of the molecule is CN1CCC(NC(=O)Nc2ccc(NC(=O)C(C)(N)c3ccccc3)cc2)CC1. The molecule has 0 bridgehead atoms. The molecule has 3 amide bonds. The highest BCUT2D eigenvalue weighted by molar-refractivity contribution is 5.98. The summed E-state index contributed by atoms with van der Waals surface area (Å²) >= 11 is 0. The van der Waals surface area contributed by atoms with Crippen molar-refractivity contribution in [2.75, 3.05) is 30.8 Å². The Morgan fingerprint density at radius 2 is 1.52 bits per heavy atom. The maximum Gasteiger partial charge on any atom is 0.319 e. The van der Waals surface area contributed by atoms with Gasteiger partial charge in [-0.3, -0.25) is 4.79 Å². The van der Waals surface area contributed by atoms with Gasteiger partial charge in [-0.05, 0) is 69.7 Å². The molecule has 154 valence electrons. The van der Waals surface area contributed by atoms with E-state index in [2.05, 4.69) is 27.9 Å². The lowest BCUT2D eigenvalue weighted by molar-refractivity contribution is -0.120. The highest BCUT2D eigenvalue weighted by Gasteiger charge is 2.30. The zero-order valence-electron chi connectivity index (χ0n) is 16.9. The van der Waals surface area contributed by atoms with Crippen LogP contribution in [0.25, 0.3) is 0 Å². The number of nitrogens with one attached hydrogen (secondary N) is 3. The molecule has 1 unspecified atom stereocenters. The van der Waals surface area contributed by atoms with Gasteiger partial charge in [-0.25, -0.2) is 4.79 Å². The maximum absolute atomic E-state index is 12.6. The van der Waals surface area contributed by atoms with E-state index in [0.29, 0.717) is 11.4 Å². The van der Waals surface area contributed by atoms with E-state index in [4.69, 9.17) is 5.73 Å². The number of urea groups is 1. The van der Waals surface area contributed by atoms with Crippen LogP contribution < -0.4 is 21.7 Å². The Labute approximate surface area is 171 Å². The lowest BCUT2D eigenvalue weighted by Crippen LogP contribution is -2.45. The summed E-state index contributed by atoms with van der Waals surface area (Å²) in [7, 11) is 2.09. The van der Waals surface area contributed by atoms with Crippen LogP contribution in [-0.2, 0) is 10.3 Å². The molecule has 7 nitrogen and oxygen atoms in total. The van der Waals surface area contributed by atoms with Gasteiger partial charge in [0.05, 0.1) is 0 Å². The Morgan fingerprint density at radius 1 is 0.966 bits per heavy atom. The smallest absolute Gasteiger partial charge is 0.319 e. The molecule has 1 fully saturated rings. The lowest BCUT2D eigenvalue weighted by Gasteiger charge is -2.29. The van der Waals surface area contributed by atoms with Gasteiger partial charge in [0.1, 0.15) is 5.54 Å². The fourth-order valence-corrected chi connectivity index (χ4v) is 3.32. The van der Waals surface area contributed by atoms with Crippen molar-refractivity contribution in [1.82, 2.24) is 10.2 Å². The van der Waals surface area contributed by atoms with Crippen molar-refractivity contribution in [2.24, 2.45) is 5.73 Å². The number of rotatable bonds is 5. The van der Waals surface area contributed by atoms with Crippen molar-refractivity contribution in [3.8, 4) is 0 Å². The number of carbonyl (C=O) groups is 2. The van der Waals surface area contributed by atoms with Crippen LogP contribution in [0.5, 0.6) is 0 Å². The van der Waals surface area contributed by atoms with Gasteiger partial charge in [0.15, 0.2) is 0 Å². The van der Waals surface area contributed by atoms with E-state index in [0.717, 1.165) is 31.5 Å². The van der Waals surface area contributed by atoms with E-state index in [-0.39, 0.29) is 18.0 Å². The fraction of sp³-hybridized carbons (Fsp3) is 0.364. The summed E-state index contributed by atoms with van der Waals surface area (Å²) < 4.78 is 0. The first-order valence-corrected chi connectivity index (χ1v) is 9.86. The van der Waals surface area contributed by atoms with Crippen LogP contribution in [0.3, 0.4) is 0 Å². The van der Waals surface area contributed by atoms with Gasteiger partial charge in [-0.2, -0.15) is 0 Å². The summed E-state index contributed by atoms with van der Waals surface area (Å²) in [5.74, 6) is -0.301. The molecule has 3 rings (SSSR count). The van der Waals surface area contributed by atoms with E-state index < -0.39 is 5.54 Å². The Hall–Kier alpha value is -2.90. The average molecular weight is 396 g/mol. The van der Waals surface area contributed by atoms with Crippen molar-refractivity contribution in [3.05, 3.63) is 60.2 Å². The van der Waals surface area contributed by atoms with Crippen LogP contribution >= 0.6 is 0 Å². The zero-order chi connectivity index (χ0) is 20.9. The normalized spacial score (nSPS) is 17.2. The van der Waals surface area contributed by atoms with Crippen molar-refractivity contribution in [3.63, 3.8) is 0 Å². The molecule has 0 spiro atoms. The molecular formula is C22H29N5O2. The summed E-state index contributed by atoms with van der Waals surface area (Å²) in [6, 6.07) is 16.2. The van der Waals surface area contributed by atoms with E-state index in [1.54, 1.807) is 31.2 Å². The van der Waals surface area contributed by atoms with Crippen molar-refractivity contribution in [1.29, 1.82) is 0 Å². The number of amides is 3. The minimum Gasteiger partial charge on any atom is -0.335 e. The van der Waals surface area contributed by atoms with Gasteiger partial charge in [0.25, 0.3) is 0 Å². The highest BCUT2D eigenvalue weighted by atomic mass is 16.2. The van der Waals surface area contributed by atoms with Crippen LogP contribution in [-0.4, -0.2) is 43.0 Å². The Balaban J connectivity index is 1.53. The number of benzene rings is 2. The fourth-order valence-electron chi connectivity index (χ4n) is 3.32. The predicted molar refractivity (Wildman–Crippen MR) is 116 cm³/mol. The first-order valence-electron chi connectivity index (χ1n) is 9.86. The number of hydrogen-bond acceptors (Lipinski definition) is 4. The summed E-state index contributed by atoms with van der Waals surface area (Å²) in [4.78, 5) is 27.1. The van der Waals surface area contributed by atoms with Gasteiger partial charge in [-0.1, -0.05) is 30.3 Å². The second kappa shape index (κ2) is 9.07. The van der Waals surface area contributed by atoms with E-state index in [1.807, 2.05) is 30.3 Å². The van der Waals surface area contributed by atoms with Crippen molar-refractivity contribution < 1.29 is 9.59 Å². The van der Waals surface area contributed by atoms with Gasteiger partial charge >= 0.3 is 6.03 Å². The highest BCUT2D eigenvalue weighted by Crippen LogP contribution is 2.21. The van der Waals surface area contributed by atoms with Gasteiger partial charge < -0.3 is 26.6 Å². The Bertz CT molecular complexity index is 828. The zero-order valence-corrected chi connectivity index (χ0v) is 16.9. The summed E-state index contributed by atoms with van der Waals surface area (Å²) in [6.07, 6.45) is 1.91. The van der Waals surface area contributed by atoms with Gasteiger partial charge in [0, 0.05) is 17.4 Å². The molecule has 1 heterocycles. The second-order valence-electron chi connectivity index (χ2n) is 7.78. The number of hydrogen-bond donors (Lipinski definition) is 4. The van der Waals surface area contributed by atoms with Crippen LogP contribution in [0.4, 0.5) is 16.2 Å². The molecule has 0 radical (unpaired) electrons. The minimum absolute atomic E-state index is 0.199. The number of piperidine rings is 1. The van der Waals surface area contributed by atoms with Crippen molar-refractivity contribution in [2.45, 2.75) is 31.3 Å². The van der Waals surface area contributed by atoms with Crippen LogP contribution in [0.15, 0.2) is 54.6 Å². The monoisotopic (exact) mass is 395 g/mol. The first-order chi connectivity index (χ1) is 13.8. The third-order valence-corrected chi connectivity index (χ3v) is 5.30. The van der Waals surface area contributed by atoms with Gasteiger partial charge in [-0.15, -0.1) is 0 Å². The van der Waals surface area contributed by atoms with Crippen LogP contribution in [0.2, 0.25) is 0 Å². The molecule has 1 aliphatic rings.